The fraction of sp³-hybridized carbons (Fsp3) is 0.452. The molecule has 0 spiro atoms. The van der Waals surface area contributed by atoms with Crippen molar-refractivity contribution in [2.24, 2.45) is 0 Å². The number of β-amino-alcohol motifs (C(OH)–C–C–N with tert-alkyl or cyclic N) is 1. The molecule has 3 atom stereocenters. The second-order valence-electron chi connectivity index (χ2n) is 11.3. The predicted molar refractivity (Wildman–Crippen MR) is 164 cm³/mol. The Morgan fingerprint density at radius 2 is 1.55 bits per heavy atom. The molecule has 2 heterocycles. The summed E-state index contributed by atoms with van der Waals surface area (Å²) in [6.45, 7) is 3.85. The van der Waals surface area contributed by atoms with Crippen LogP contribution in [0, 0.1) is 11.6 Å². The Hall–Kier alpha value is -2.16. The van der Waals surface area contributed by atoms with Crippen LogP contribution < -0.4 is 0 Å². The van der Waals surface area contributed by atoms with Crippen molar-refractivity contribution in [2.75, 3.05) is 13.1 Å². The van der Waals surface area contributed by atoms with Gasteiger partial charge in [0.1, 0.15) is 16.5 Å². The van der Waals surface area contributed by atoms with Gasteiger partial charge in [-0.25, -0.2) is 17.2 Å². The van der Waals surface area contributed by atoms with Crippen LogP contribution >= 0.6 is 0 Å². The number of hydrogen-bond donors (Lipinski definition) is 4. The fourth-order valence-corrected chi connectivity index (χ4v) is 7.82. The van der Waals surface area contributed by atoms with Gasteiger partial charge in [-0.1, -0.05) is 26.0 Å². The van der Waals surface area contributed by atoms with E-state index >= 15 is 0 Å². The van der Waals surface area contributed by atoms with Gasteiger partial charge in [0, 0.05) is 30.9 Å². The number of sulfonamides is 1. The molecular weight excluding hydrogens is 605 g/mol. The van der Waals surface area contributed by atoms with Crippen molar-refractivity contribution < 1.29 is 42.4 Å². The van der Waals surface area contributed by atoms with Crippen LogP contribution in [-0.2, 0) is 21.4 Å². The number of aromatic nitrogens is 1. The molecule has 1 aromatic heterocycles. The summed E-state index contributed by atoms with van der Waals surface area (Å²) in [6, 6.07) is 11.0. The van der Waals surface area contributed by atoms with E-state index < -0.39 is 52.4 Å². The van der Waals surface area contributed by atoms with E-state index in [4.69, 9.17) is 5.11 Å². The first-order chi connectivity index (χ1) is 20.3. The zero-order chi connectivity index (χ0) is 31.5. The number of aliphatic carboxylic acids is 1. The van der Waals surface area contributed by atoms with Gasteiger partial charge in [-0.3, -0.25) is 4.79 Å². The standard InChI is InChI=1S/C31H38F2N2O7S.Na.H/c1-19(2)29-31(43(41,42)34-14-3-4-25(37)18-34)28(20-5-9-22(32)10-6-20)30(21-7-11-23(33)12-8-21)35(29)15-13-24(36)16-26(38)17-27(39)40;;/h5-12,19,24-26,36-38H,3-4,13-18H2,1-2H3,(H,39,40);;. The third kappa shape index (κ3) is 8.35. The van der Waals surface area contributed by atoms with Crippen LogP contribution in [0.4, 0.5) is 8.78 Å². The predicted octanol–water partition coefficient (Wildman–Crippen LogP) is 3.70. The summed E-state index contributed by atoms with van der Waals surface area (Å²) in [5, 5.41) is 40.1. The zero-order valence-corrected chi connectivity index (χ0v) is 25.0. The van der Waals surface area contributed by atoms with E-state index in [-0.39, 0.29) is 78.4 Å². The minimum atomic E-state index is -4.23. The van der Waals surface area contributed by atoms with Crippen molar-refractivity contribution in [1.29, 1.82) is 0 Å². The van der Waals surface area contributed by atoms with Crippen LogP contribution in [0.2, 0.25) is 0 Å². The van der Waals surface area contributed by atoms with Gasteiger partial charge in [-0.05, 0) is 79.1 Å². The topological polar surface area (TPSA) is 140 Å². The molecule has 0 radical (unpaired) electrons. The van der Waals surface area contributed by atoms with Gasteiger partial charge in [-0.15, -0.1) is 0 Å². The molecular formula is C31H39F2N2NaO7S. The molecule has 3 unspecified atom stereocenters. The van der Waals surface area contributed by atoms with Crippen molar-refractivity contribution in [2.45, 2.75) is 81.6 Å². The molecule has 0 saturated carbocycles. The Morgan fingerprint density at radius 1 is 0.977 bits per heavy atom. The number of piperidine rings is 1. The van der Waals surface area contributed by atoms with Crippen LogP contribution in [0.3, 0.4) is 0 Å². The van der Waals surface area contributed by atoms with E-state index in [1.165, 1.54) is 52.8 Å². The number of aliphatic hydroxyl groups is 3. The summed E-state index contributed by atoms with van der Waals surface area (Å²) >= 11 is 0. The Bertz CT molecular complexity index is 1530. The Kier molecular flexibility index (Phi) is 12.7. The maximum atomic E-state index is 14.5. The number of hydrogen-bond acceptors (Lipinski definition) is 6. The summed E-state index contributed by atoms with van der Waals surface area (Å²) < 4.78 is 60.1. The van der Waals surface area contributed by atoms with Gasteiger partial charge in [0.15, 0.2) is 0 Å². The molecule has 4 rings (SSSR count). The van der Waals surface area contributed by atoms with Crippen LogP contribution in [-0.4, -0.2) is 105 Å². The first kappa shape index (κ1) is 36.3. The van der Waals surface area contributed by atoms with Crippen molar-refractivity contribution in [3.8, 4) is 22.4 Å². The van der Waals surface area contributed by atoms with E-state index in [9.17, 15) is 37.3 Å². The first-order valence-electron chi connectivity index (χ1n) is 14.3. The Labute approximate surface area is 278 Å². The normalized spacial score (nSPS) is 17.3. The summed E-state index contributed by atoms with van der Waals surface area (Å²) in [4.78, 5) is 11.0. The molecule has 2 aromatic carbocycles. The van der Waals surface area contributed by atoms with E-state index in [1.54, 1.807) is 4.57 Å². The van der Waals surface area contributed by atoms with E-state index in [1.807, 2.05) is 13.8 Å². The average Bonchev–Trinajstić information content (AvgIpc) is 3.28. The fourth-order valence-electron chi connectivity index (χ4n) is 5.74. The molecule has 0 aliphatic carbocycles. The van der Waals surface area contributed by atoms with E-state index in [2.05, 4.69) is 0 Å². The van der Waals surface area contributed by atoms with Crippen LogP contribution in [0.15, 0.2) is 53.4 Å². The van der Waals surface area contributed by atoms with Crippen LogP contribution in [0.25, 0.3) is 22.4 Å². The molecule has 236 valence electrons. The van der Waals surface area contributed by atoms with Gasteiger partial charge in [0.2, 0.25) is 10.0 Å². The molecule has 13 heteroatoms. The summed E-state index contributed by atoms with van der Waals surface area (Å²) in [6.07, 6.45) is -2.94. The first-order valence-corrected chi connectivity index (χ1v) is 15.8. The molecule has 1 aliphatic rings. The summed E-state index contributed by atoms with van der Waals surface area (Å²) in [5.41, 5.74) is 2.02. The second kappa shape index (κ2) is 15.4. The van der Waals surface area contributed by atoms with Crippen molar-refractivity contribution in [3.63, 3.8) is 0 Å². The minimum absolute atomic E-state index is 0. The summed E-state index contributed by atoms with van der Waals surface area (Å²) in [7, 11) is -4.23. The number of halogens is 2. The van der Waals surface area contributed by atoms with Crippen LogP contribution in [0.5, 0.6) is 0 Å². The maximum absolute atomic E-state index is 14.5. The monoisotopic (exact) mass is 644 g/mol. The van der Waals surface area contributed by atoms with Crippen molar-refractivity contribution in [3.05, 3.63) is 65.9 Å². The number of aliphatic hydroxyl groups excluding tert-OH is 3. The molecule has 44 heavy (non-hydrogen) atoms. The van der Waals surface area contributed by atoms with Gasteiger partial charge in [-0.2, -0.15) is 4.31 Å². The van der Waals surface area contributed by atoms with Crippen molar-refractivity contribution >= 4 is 45.5 Å². The number of nitrogens with zero attached hydrogens (tertiary/aromatic N) is 2. The Morgan fingerprint density at radius 3 is 2.07 bits per heavy atom. The number of carbonyl (C=O) groups is 1. The number of carboxylic acids is 1. The van der Waals surface area contributed by atoms with Crippen molar-refractivity contribution in [1.82, 2.24) is 8.87 Å². The molecule has 3 aromatic rings. The SMILES string of the molecule is CC(C)c1c(S(=O)(=O)N2CCCC(O)C2)c(-c2ccc(F)cc2)c(-c2ccc(F)cc2)n1CCC(O)CC(O)CC(=O)O.[NaH]. The molecule has 1 fully saturated rings. The number of rotatable bonds is 12. The third-order valence-corrected chi connectivity index (χ3v) is 9.59. The summed E-state index contributed by atoms with van der Waals surface area (Å²) in [5.74, 6) is -2.58. The van der Waals surface area contributed by atoms with Gasteiger partial charge >= 0.3 is 35.5 Å². The van der Waals surface area contributed by atoms with Crippen LogP contribution in [0.1, 0.15) is 57.6 Å². The molecule has 1 aliphatic heterocycles. The zero-order valence-electron chi connectivity index (χ0n) is 24.2. The molecule has 0 bridgehead atoms. The third-order valence-electron chi connectivity index (χ3n) is 7.65. The van der Waals surface area contributed by atoms with E-state index in [0.717, 1.165) is 0 Å². The van der Waals surface area contributed by atoms with Gasteiger partial charge in [0.05, 0.1) is 30.4 Å². The van der Waals surface area contributed by atoms with E-state index in [0.29, 0.717) is 35.4 Å². The second-order valence-corrected chi connectivity index (χ2v) is 13.2. The average molecular weight is 645 g/mol. The van der Waals surface area contributed by atoms with Gasteiger partial charge < -0.3 is 25.0 Å². The van der Waals surface area contributed by atoms with Gasteiger partial charge in [0.25, 0.3) is 0 Å². The quantitative estimate of drug-likeness (QED) is 0.221. The number of carboxylic acid groups (broad SMARTS) is 1. The molecule has 1 saturated heterocycles. The molecule has 4 N–H and O–H groups in total. The molecule has 0 amide bonds. The number of benzene rings is 2. The molecule has 9 nitrogen and oxygen atoms in total. The Balaban J connectivity index is 0.00000529.